The van der Waals surface area contributed by atoms with Gasteiger partial charge in [0.15, 0.2) is 17.7 Å². The summed E-state index contributed by atoms with van der Waals surface area (Å²) in [5, 5.41) is 20.9. The second kappa shape index (κ2) is 5.99. The minimum Gasteiger partial charge on any atom is -0.388 e. The smallest absolute Gasteiger partial charge is 0.167 e. The van der Waals surface area contributed by atoms with Crippen molar-refractivity contribution >= 4 is 28.7 Å². The average molecular weight is 325 g/mol. The molecular weight excluding hydrogens is 306 g/mol. The summed E-state index contributed by atoms with van der Waals surface area (Å²) in [4.78, 5) is 12.2. The largest absolute Gasteiger partial charge is 0.388 e. The van der Waals surface area contributed by atoms with E-state index in [1.807, 2.05) is 6.26 Å². The molecule has 0 amide bonds. The Morgan fingerprint density at radius 2 is 2.14 bits per heavy atom. The fraction of sp³-hybridized carbons (Fsp3) is 0.615. The third-order valence-corrected chi connectivity index (χ3v) is 4.96. The number of ether oxygens (including phenoxy) is 1. The fourth-order valence-electron chi connectivity index (χ4n) is 2.63. The van der Waals surface area contributed by atoms with Crippen molar-refractivity contribution in [1.29, 1.82) is 0 Å². The van der Waals surface area contributed by atoms with Gasteiger partial charge in [0.25, 0.3) is 0 Å². The molecule has 9 heteroatoms. The first kappa shape index (κ1) is 15.5. The Morgan fingerprint density at radius 3 is 2.86 bits per heavy atom. The van der Waals surface area contributed by atoms with E-state index in [2.05, 4.69) is 21.9 Å². The van der Waals surface area contributed by atoms with Crippen LogP contribution in [0.25, 0.3) is 11.2 Å². The summed E-state index contributed by atoms with van der Waals surface area (Å²) in [6.07, 6.45) is 2.32. The number of thioether (sulfide) groups is 1. The van der Waals surface area contributed by atoms with E-state index in [9.17, 15) is 10.2 Å². The molecule has 22 heavy (non-hydrogen) atoms. The zero-order chi connectivity index (χ0) is 15.9. The normalized spacial score (nSPS) is 30.0. The molecule has 4 N–H and O–H groups in total. The highest BCUT2D eigenvalue weighted by Crippen LogP contribution is 2.34. The molecule has 120 valence electrons. The molecule has 1 aliphatic rings. The van der Waals surface area contributed by atoms with Crippen molar-refractivity contribution in [2.24, 2.45) is 0 Å². The number of hydrogen-bond donors (Lipinski definition) is 3. The van der Waals surface area contributed by atoms with Crippen LogP contribution in [0.1, 0.15) is 19.6 Å². The third-order valence-electron chi connectivity index (χ3n) is 3.97. The van der Waals surface area contributed by atoms with Crippen LogP contribution in [-0.2, 0) is 4.74 Å². The number of nitrogens with zero attached hydrogens (tertiary/aromatic N) is 4. The maximum atomic E-state index is 10.3. The molecule has 1 fully saturated rings. The van der Waals surface area contributed by atoms with Crippen LogP contribution in [0.15, 0.2) is 12.7 Å². The molecule has 5 atom stereocenters. The van der Waals surface area contributed by atoms with Gasteiger partial charge in [0, 0.05) is 5.25 Å². The number of fused-ring (bicyclic) bond motifs is 1. The second-order valence-corrected chi connectivity index (χ2v) is 6.69. The molecule has 3 heterocycles. The van der Waals surface area contributed by atoms with Crippen molar-refractivity contribution in [1.82, 2.24) is 19.5 Å². The van der Waals surface area contributed by atoms with E-state index in [-0.39, 0.29) is 5.82 Å². The van der Waals surface area contributed by atoms with Crippen LogP contribution in [0.4, 0.5) is 5.82 Å². The Hall–Kier alpha value is -1.42. The zero-order valence-electron chi connectivity index (χ0n) is 12.3. The molecule has 0 saturated carbocycles. The number of imidazole rings is 1. The van der Waals surface area contributed by atoms with Gasteiger partial charge in [0.1, 0.15) is 24.1 Å². The van der Waals surface area contributed by atoms with Gasteiger partial charge in [0.05, 0.1) is 12.4 Å². The molecule has 2 aromatic rings. The first-order valence-electron chi connectivity index (χ1n) is 7.00. The van der Waals surface area contributed by atoms with Crippen molar-refractivity contribution in [3.05, 3.63) is 12.7 Å². The van der Waals surface area contributed by atoms with Crippen molar-refractivity contribution in [3.63, 3.8) is 0 Å². The van der Waals surface area contributed by atoms with Crippen molar-refractivity contribution in [2.45, 2.75) is 43.1 Å². The number of rotatable bonds is 4. The molecule has 8 nitrogen and oxygen atoms in total. The Bertz CT molecular complexity index is 666. The fourth-order valence-corrected chi connectivity index (χ4v) is 3.02. The minimum absolute atomic E-state index is 0.268. The van der Waals surface area contributed by atoms with Gasteiger partial charge in [-0.2, -0.15) is 11.8 Å². The van der Waals surface area contributed by atoms with E-state index in [0.717, 1.165) is 0 Å². The number of nitrogens with two attached hydrogens (primary N) is 1. The predicted molar refractivity (Wildman–Crippen MR) is 83.3 cm³/mol. The zero-order valence-corrected chi connectivity index (χ0v) is 13.1. The SMILES string of the molecule is CSC(C)C[C@H]1O[C@@H](n2cnc3c(N)ncnc32)[C@H](O)[C@@H]1O. The highest BCUT2D eigenvalue weighted by Gasteiger charge is 2.44. The van der Waals surface area contributed by atoms with Gasteiger partial charge in [-0.3, -0.25) is 4.57 Å². The molecule has 1 aliphatic heterocycles. The van der Waals surface area contributed by atoms with Gasteiger partial charge in [-0.1, -0.05) is 6.92 Å². The van der Waals surface area contributed by atoms with Crippen LogP contribution < -0.4 is 5.73 Å². The Morgan fingerprint density at radius 1 is 1.36 bits per heavy atom. The van der Waals surface area contributed by atoms with Gasteiger partial charge in [0.2, 0.25) is 0 Å². The van der Waals surface area contributed by atoms with Gasteiger partial charge in [-0.05, 0) is 12.7 Å². The maximum Gasteiger partial charge on any atom is 0.167 e. The number of hydrogen-bond acceptors (Lipinski definition) is 8. The molecule has 2 aromatic heterocycles. The van der Waals surface area contributed by atoms with Crippen molar-refractivity contribution in [3.8, 4) is 0 Å². The first-order chi connectivity index (χ1) is 10.5. The summed E-state index contributed by atoms with van der Waals surface area (Å²) in [6, 6.07) is 0. The van der Waals surface area contributed by atoms with E-state index >= 15 is 0 Å². The van der Waals surface area contributed by atoms with Crippen LogP contribution in [-0.4, -0.2) is 59.5 Å². The van der Waals surface area contributed by atoms with Gasteiger partial charge < -0.3 is 20.7 Å². The lowest BCUT2D eigenvalue weighted by Crippen LogP contribution is -2.32. The predicted octanol–water partition coefficient (Wildman–Crippen LogP) is 0.169. The summed E-state index contributed by atoms with van der Waals surface area (Å²) in [7, 11) is 0. The van der Waals surface area contributed by atoms with E-state index in [1.54, 1.807) is 16.3 Å². The number of nitrogen functional groups attached to an aromatic ring is 1. The lowest BCUT2D eigenvalue weighted by atomic mass is 10.1. The number of anilines is 1. The first-order valence-corrected chi connectivity index (χ1v) is 8.29. The average Bonchev–Trinajstić information content (AvgIpc) is 3.05. The monoisotopic (exact) mass is 325 g/mol. The van der Waals surface area contributed by atoms with Gasteiger partial charge in [-0.15, -0.1) is 0 Å². The molecule has 0 radical (unpaired) electrons. The lowest BCUT2D eigenvalue weighted by Gasteiger charge is -2.18. The molecule has 0 aliphatic carbocycles. The summed E-state index contributed by atoms with van der Waals surface area (Å²) in [5.74, 6) is 0.268. The Labute approximate surface area is 131 Å². The van der Waals surface area contributed by atoms with Crippen molar-refractivity contribution < 1.29 is 14.9 Å². The quantitative estimate of drug-likeness (QED) is 0.728. The number of aliphatic hydroxyl groups is 2. The summed E-state index contributed by atoms with van der Waals surface area (Å²) in [6.45, 7) is 2.06. The van der Waals surface area contributed by atoms with E-state index in [0.29, 0.717) is 22.8 Å². The molecule has 3 rings (SSSR count). The molecule has 0 bridgehead atoms. The minimum atomic E-state index is -1.05. The van der Waals surface area contributed by atoms with Gasteiger partial charge in [-0.25, -0.2) is 15.0 Å². The third kappa shape index (κ3) is 2.54. The summed E-state index contributed by atoms with van der Waals surface area (Å²) in [5.41, 5.74) is 6.69. The molecule has 0 spiro atoms. The van der Waals surface area contributed by atoms with Crippen LogP contribution in [0.2, 0.25) is 0 Å². The molecule has 1 saturated heterocycles. The molecule has 1 unspecified atom stereocenters. The van der Waals surface area contributed by atoms with Gasteiger partial charge >= 0.3 is 0 Å². The number of aromatic nitrogens is 4. The van der Waals surface area contributed by atoms with Crippen molar-refractivity contribution in [2.75, 3.05) is 12.0 Å². The highest BCUT2D eigenvalue weighted by molar-refractivity contribution is 7.99. The standard InChI is InChI=1S/C13H19N5O3S/c1-6(22-2)3-7-9(19)10(20)13(21-7)18-5-17-8-11(14)15-4-16-12(8)18/h4-7,9-10,13,19-20H,3H2,1-2H3,(H2,14,15,16)/t6?,7-,9-,10-,13-/m1/s1. The molecule has 0 aromatic carbocycles. The van der Waals surface area contributed by atoms with E-state index < -0.39 is 24.5 Å². The molecular formula is C13H19N5O3S. The topological polar surface area (TPSA) is 119 Å². The lowest BCUT2D eigenvalue weighted by molar-refractivity contribution is -0.0366. The number of aliphatic hydroxyl groups excluding tert-OH is 2. The van der Waals surface area contributed by atoms with Crippen LogP contribution in [0.5, 0.6) is 0 Å². The van der Waals surface area contributed by atoms with E-state index in [1.165, 1.54) is 12.7 Å². The van der Waals surface area contributed by atoms with Crippen LogP contribution in [0, 0.1) is 0 Å². The summed E-state index contributed by atoms with van der Waals surface area (Å²) >= 11 is 1.69. The van der Waals surface area contributed by atoms with E-state index in [4.69, 9.17) is 10.5 Å². The summed E-state index contributed by atoms with van der Waals surface area (Å²) < 4.78 is 7.45. The van der Waals surface area contributed by atoms with Crippen LogP contribution >= 0.6 is 11.8 Å². The second-order valence-electron chi connectivity index (χ2n) is 5.41. The van der Waals surface area contributed by atoms with Crippen LogP contribution in [0.3, 0.4) is 0 Å². The Kier molecular flexibility index (Phi) is 4.22. The maximum absolute atomic E-state index is 10.3. The Balaban J connectivity index is 1.89. The highest BCUT2D eigenvalue weighted by atomic mass is 32.2.